The van der Waals surface area contributed by atoms with Crippen LogP contribution in [0.5, 0.6) is 11.5 Å². The zero-order chi connectivity index (χ0) is 12.8. The fourth-order valence-electron chi connectivity index (χ4n) is 1.57. The summed E-state index contributed by atoms with van der Waals surface area (Å²) < 4.78 is 10.8. The van der Waals surface area contributed by atoms with Gasteiger partial charge in [-0.05, 0) is 25.4 Å². The van der Waals surface area contributed by atoms with Gasteiger partial charge in [-0.25, -0.2) is 0 Å². The number of thioether (sulfide) groups is 1. The molecule has 0 atom stereocenters. The van der Waals surface area contributed by atoms with Crippen LogP contribution in [0.25, 0.3) is 0 Å². The molecule has 0 aliphatic carbocycles. The van der Waals surface area contributed by atoms with Crippen LogP contribution in [0.1, 0.15) is 5.56 Å². The van der Waals surface area contributed by atoms with Gasteiger partial charge in [0.1, 0.15) is 11.5 Å². The molecule has 1 aromatic carbocycles. The predicted octanol–water partition coefficient (Wildman–Crippen LogP) is 1.77. The van der Waals surface area contributed by atoms with E-state index in [0.717, 1.165) is 28.5 Å². The summed E-state index contributed by atoms with van der Waals surface area (Å²) in [6.07, 6.45) is 2.02. The minimum atomic E-state index is 0.510. The molecule has 0 saturated heterocycles. The smallest absolute Gasteiger partial charge is 0.132 e. The van der Waals surface area contributed by atoms with Crippen LogP contribution in [0.4, 0.5) is 0 Å². The molecule has 4 nitrogen and oxygen atoms in total. The van der Waals surface area contributed by atoms with Crippen molar-refractivity contribution in [3.05, 3.63) is 17.7 Å². The standard InChI is InChI=1S/C12H20N2O2S/c1-14(8-13)7-9-5-11(16-3)12(17-4)6-10(9)15-2/h5-6H,7-8,13H2,1-4H3. The highest BCUT2D eigenvalue weighted by molar-refractivity contribution is 7.98. The number of nitrogens with two attached hydrogens (primary N) is 1. The normalized spacial score (nSPS) is 10.7. The summed E-state index contributed by atoms with van der Waals surface area (Å²) in [6, 6.07) is 4.01. The maximum Gasteiger partial charge on any atom is 0.132 e. The molecule has 0 radical (unpaired) electrons. The van der Waals surface area contributed by atoms with Gasteiger partial charge in [-0.2, -0.15) is 0 Å². The van der Waals surface area contributed by atoms with E-state index < -0.39 is 0 Å². The molecule has 17 heavy (non-hydrogen) atoms. The van der Waals surface area contributed by atoms with Crippen LogP contribution in [-0.2, 0) is 6.54 Å². The first-order chi connectivity index (χ1) is 8.15. The molecule has 0 aromatic heterocycles. The van der Waals surface area contributed by atoms with Gasteiger partial charge in [0.25, 0.3) is 0 Å². The van der Waals surface area contributed by atoms with E-state index in [9.17, 15) is 0 Å². The molecule has 0 unspecified atom stereocenters. The second-order valence-corrected chi connectivity index (χ2v) is 4.56. The lowest BCUT2D eigenvalue weighted by Gasteiger charge is -2.18. The number of nitrogens with zero attached hydrogens (tertiary/aromatic N) is 1. The minimum absolute atomic E-state index is 0.510. The largest absolute Gasteiger partial charge is 0.496 e. The SMILES string of the molecule is COc1cc(SC)c(OC)cc1CN(C)CN. The average Bonchev–Trinajstić information content (AvgIpc) is 2.37. The zero-order valence-corrected chi connectivity index (χ0v) is 11.6. The maximum absolute atomic E-state index is 5.59. The molecule has 96 valence electrons. The van der Waals surface area contributed by atoms with Gasteiger partial charge in [0.15, 0.2) is 0 Å². The Bertz CT molecular complexity index is 372. The van der Waals surface area contributed by atoms with E-state index in [-0.39, 0.29) is 0 Å². The van der Waals surface area contributed by atoms with Crippen molar-refractivity contribution in [3.8, 4) is 11.5 Å². The van der Waals surface area contributed by atoms with Gasteiger partial charge >= 0.3 is 0 Å². The Morgan fingerprint density at radius 3 is 2.35 bits per heavy atom. The maximum atomic E-state index is 5.59. The highest BCUT2D eigenvalue weighted by atomic mass is 32.2. The number of rotatable bonds is 6. The fraction of sp³-hybridized carbons (Fsp3) is 0.500. The number of hydrogen-bond acceptors (Lipinski definition) is 5. The van der Waals surface area contributed by atoms with E-state index in [4.69, 9.17) is 15.2 Å². The lowest BCUT2D eigenvalue weighted by molar-refractivity contribution is 0.323. The number of hydrogen-bond donors (Lipinski definition) is 1. The predicted molar refractivity (Wildman–Crippen MR) is 71.8 cm³/mol. The molecule has 0 aliphatic heterocycles. The van der Waals surface area contributed by atoms with Crippen LogP contribution in [0, 0.1) is 0 Å². The summed E-state index contributed by atoms with van der Waals surface area (Å²) in [5, 5.41) is 0. The molecule has 0 heterocycles. The van der Waals surface area contributed by atoms with Crippen molar-refractivity contribution in [2.75, 3.05) is 34.2 Å². The molecular formula is C12H20N2O2S. The first-order valence-corrected chi connectivity index (χ1v) is 6.56. The van der Waals surface area contributed by atoms with Crippen LogP contribution >= 0.6 is 11.8 Å². The Balaban J connectivity index is 3.09. The van der Waals surface area contributed by atoms with Crippen LogP contribution < -0.4 is 15.2 Å². The Morgan fingerprint density at radius 1 is 1.24 bits per heavy atom. The summed E-state index contributed by atoms with van der Waals surface area (Å²) in [4.78, 5) is 3.08. The Kier molecular flexibility index (Phi) is 5.61. The summed E-state index contributed by atoms with van der Waals surface area (Å²) in [5.74, 6) is 1.74. The van der Waals surface area contributed by atoms with Gasteiger partial charge in [-0.3, -0.25) is 4.90 Å². The number of benzene rings is 1. The molecule has 1 aromatic rings. The summed E-state index contributed by atoms with van der Waals surface area (Å²) in [7, 11) is 5.32. The van der Waals surface area contributed by atoms with Gasteiger partial charge in [-0.15, -0.1) is 11.8 Å². The molecule has 0 bridgehead atoms. The van der Waals surface area contributed by atoms with E-state index in [1.54, 1.807) is 26.0 Å². The Hall–Kier alpha value is -0.910. The Labute approximate surface area is 107 Å². The molecule has 0 aliphatic rings. The van der Waals surface area contributed by atoms with E-state index in [1.807, 2.05) is 30.3 Å². The van der Waals surface area contributed by atoms with Crippen molar-refractivity contribution >= 4 is 11.8 Å². The van der Waals surface area contributed by atoms with Gasteiger partial charge in [0.2, 0.25) is 0 Å². The quantitative estimate of drug-likeness (QED) is 0.621. The summed E-state index contributed by atoms with van der Waals surface area (Å²) >= 11 is 1.64. The van der Waals surface area contributed by atoms with Crippen LogP contribution in [0.15, 0.2) is 17.0 Å². The summed E-state index contributed by atoms with van der Waals surface area (Å²) in [5.41, 5.74) is 6.67. The average molecular weight is 256 g/mol. The molecule has 5 heteroatoms. The fourth-order valence-corrected chi connectivity index (χ4v) is 2.14. The van der Waals surface area contributed by atoms with Crippen molar-refractivity contribution < 1.29 is 9.47 Å². The molecule has 0 spiro atoms. The first kappa shape index (κ1) is 14.2. The van der Waals surface area contributed by atoms with Crippen molar-refractivity contribution in [1.82, 2.24) is 4.90 Å². The van der Waals surface area contributed by atoms with E-state index in [0.29, 0.717) is 6.67 Å². The van der Waals surface area contributed by atoms with E-state index in [1.165, 1.54) is 0 Å². The van der Waals surface area contributed by atoms with E-state index in [2.05, 4.69) is 0 Å². The minimum Gasteiger partial charge on any atom is -0.496 e. The second-order valence-electron chi connectivity index (χ2n) is 3.72. The third-order valence-electron chi connectivity index (χ3n) is 2.54. The van der Waals surface area contributed by atoms with Gasteiger partial charge in [-0.1, -0.05) is 0 Å². The molecule has 0 fully saturated rings. The zero-order valence-electron chi connectivity index (χ0n) is 10.8. The highest BCUT2D eigenvalue weighted by Crippen LogP contribution is 2.34. The van der Waals surface area contributed by atoms with Gasteiger partial charge in [0.05, 0.1) is 19.1 Å². The van der Waals surface area contributed by atoms with Gasteiger partial charge in [0, 0.05) is 18.8 Å². The van der Waals surface area contributed by atoms with Crippen molar-refractivity contribution in [2.45, 2.75) is 11.4 Å². The molecule has 0 saturated carbocycles. The van der Waals surface area contributed by atoms with Crippen molar-refractivity contribution in [2.24, 2.45) is 5.73 Å². The third-order valence-corrected chi connectivity index (χ3v) is 3.30. The third kappa shape index (κ3) is 3.52. The lowest BCUT2D eigenvalue weighted by atomic mass is 10.1. The Morgan fingerprint density at radius 2 is 1.88 bits per heavy atom. The van der Waals surface area contributed by atoms with E-state index >= 15 is 0 Å². The molecule has 0 amide bonds. The molecule has 2 N–H and O–H groups in total. The first-order valence-electron chi connectivity index (χ1n) is 5.33. The topological polar surface area (TPSA) is 47.7 Å². The van der Waals surface area contributed by atoms with Crippen molar-refractivity contribution in [3.63, 3.8) is 0 Å². The van der Waals surface area contributed by atoms with Crippen LogP contribution in [0.2, 0.25) is 0 Å². The molecular weight excluding hydrogens is 236 g/mol. The monoisotopic (exact) mass is 256 g/mol. The highest BCUT2D eigenvalue weighted by Gasteiger charge is 2.11. The van der Waals surface area contributed by atoms with Crippen LogP contribution in [-0.4, -0.2) is 39.1 Å². The number of ether oxygens (including phenoxy) is 2. The van der Waals surface area contributed by atoms with Crippen molar-refractivity contribution in [1.29, 1.82) is 0 Å². The lowest BCUT2D eigenvalue weighted by Crippen LogP contribution is -2.25. The number of methoxy groups -OCH3 is 2. The second kappa shape index (κ2) is 6.74. The van der Waals surface area contributed by atoms with Crippen LogP contribution in [0.3, 0.4) is 0 Å². The molecule has 1 rings (SSSR count). The van der Waals surface area contributed by atoms with Gasteiger partial charge < -0.3 is 15.2 Å². The summed E-state index contributed by atoms with van der Waals surface area (Å²) in [6.45, 7) is 1.25.